The van der Waals surface area contributed by atoms with Crippen LogP contribution in [0, 0.1) is 0 Å². The molecule has 1 aromatic heterocycles. The van der Waals surface area contributed by atoms with Crippen molar-refractivity contribution < 1.29 is 21.3 Å². The molecule has 0 fully saturated rings. The van der Waals surface area contributed by atoms with E-state index in [9.17, 15) is 21.6 Å². The smallest absolute Gasteiger partial charge is 0.408 e. The third-order valence-electron chi connectivity index (χ3n) is 3.88. The van der Waals surface area contributed by atoms with Crippen molar-refractivity contribution in [2.75, 3.05) is 4.72 Å². The number of aryl methyl sites for hydroxylation is 1. The van der Waals surface area contributed by atoms with Gasteiger partial charge in [0.25, 0.3) is 10.0 Å². The van der Waals surface area contributed by atoms with Gasteiger partial charge in [-0.05, 0) is 50.2 Å². The summed E-state index contributed by atoms with van der Waals surface area (Å²) in [5.41, 5.74) is 0.811. The molecule has 2 N–H and O–H groups in total. The van der Waals surface area contributed by atoms with E-state index in [0.29, 0.717) is 5.52 Å². The number of aromatic nitrogens is 1. The quantitative estimate of drug-likeness (QED) is 0.618. The molecule has 0 amide bonds. The summed E-state index contributed by atoms with van der Waals surface area (Å²) in [5.74, 6) is -0.593. The van der Waals surface area contributed by atoms with Gasteiger partial charge in [0, 0.05) is 24.8 Å². The van der Waals surface area contributed by atoms with Gasteiger partial charge in [-0.25, -0.2) is 26.4 Å². The molecule has 28 heavy (non-hydrogen) atoms. The lowest BCUT2D eigenvalue weighted by molar-refractivity contribution is 0.527. The molecule has 0 saturated carbocycles. The van der Waals surface area contributed by atoms with E-state index < -0.39 is 25.8 Å². The number of nitrogens with zero attached hydrogens (tertiary/aromatic N) is 1. The molecule has 150 valence electrons. The van der Waals surface area contributed by atoms with E-state index in [2.05, 4.69) is 9.44 Å². The summed E-state index contributed by atoms with van der Waals surface area (Å²) < 4.78 is 60.5. The predicted molar refractivity (Wildman–Crippen MR) is 104 cm³/mol. The molecule has 2 aromatic carbocycles. The molecule has 0 spiro atoms. The number of oxazole rings is 1. The van der Waals surface area contributed by atoms with Crippen LogP contribution in [0.25, 0.3) is 11.1 Å². The minimum absolute atomic E-state index is 0.0247. The SMILES string of the molecule is CC(C)NS(=O)(=O)c1ccc(NS(=O)(=O)c2ccc3c(c2)oc(=O)n3C)cc1. The van der Waals surface area contributed by atoms with E-state index in [1.54, 1.807) is 13.8 Å². The molecule has 0 aliphatic rings. The van der Waals surface area contributed by atoms with Crippen LogP contribution < -0.4 is 15.2 Å². The van der Waals surface area contributed by atoms with Crippen LogP contribution >= 0.6 is 0 Å². The van der Waals surface area contributed by atoms with Crippen molar-refractivity contribution in [1.29, 1.82) is 0 Å². The van der Waals surface area contributed by atoms with Gasteiger partial charge in [0.15, 0.2) is 5.58 Å². The van der Waals surface area contributed by atoms with Crippen LogP contribution in [0.4, 0.5) is 5.69 Å². The van der Waals surface area contributed by atoms with E-state index >= 15 is 0 Å². The molecule has 1 heterocycles. The Hall–Kier alpha value is -2.63. The lowest BCUT2D eigenvalue weighted by Crippen LogP contribution is -2.30. The molecule has 9 nitrogen and oxygen atoms in total. The molecule has 0 saturated heterocycles. The Morgan fingerprint density at radius 2 is 1.54 bits per heavy atom. The van der Waals surface area contributed by atoms with Gasteiger partial charge in [0.05, 0.1) is 15.3 Å². The molecular formula is C17H19N3O6S2. The highest BCUT2D eigenvalue weighted by Crippen LogP contribution is 2.22. The Labute approximate surface area is 162 Å². The average molecular weight is 425 g/mol. The normalized spacial score (nSPS) is 12.6. The Morgan fingerprint density at radius 3 is 2.14 bits per heavy atom. The maximum absolute atomic E-state index is 12.6. The molecule has 0 radical (unpaired) electrons. The molecule has 0 atom stereocenters. The number of anilines is 1. The topological polar surface area (TPSA) is 127 Å². The number of nitrogens with one attached hydrogen (secondary N) is 2. The van der Waals surface area contributed by atoms with Gasteiger partial charge < -0.3 is 4.42 Å². The molecule has 0 bridgehead atoms. The van der Waals surface area contributed by atoms with Crippen LogP contribution in [0.1, 0.15) is 13.8 Å². The van der Waals surface area contributed by atoms with Crippen LogP contribution in [-0.2, 0) is 27.1 Å². The number of benzene rings is 2. The average Bonchev–Trinajstić information content (AvgIpc) is 2.88. The van der Waals surface area contributed by atoms with Gasteiger partial charge in [0.2, 0.25) is 10.0 Å². The van der Waals surface area contributed by atoms with E-state index in [0.717, 1.165) is 0 Å². The second-order valence-electron chi connectivity index (χ2n) is 6.46. The molecule has 3 aromatic rings. The van der Waals surface area contributed by atoms with E-state index in [1.807, 2.05) is 0 Å². The Balaban J connectivity index is 1.87. The fourth-order valence-electron chi connectivity index (χ4n) is 2.58. The number of rotatable bonds is 6. The minimum atomic E-state index is -3.96. The van der Waals surface area contributed by atoms with Crippen molar-refractivity contribution >= 4 is 36.8 Å². The molecule has 0 aliphatic carbocycles. The maximum atomic E-state index is 12.6. The highest BCUT2D eigenvalue weighted by Gasteiger charge is 2.19. The fourth-order valence-corrected chi connectivity index (χ4v) is 4.90. The van der Waals surface area contributed by atoms with Crippen molar-refractivity contribution in [3.8, 4) is 0 Å². The lowest BCUT2D eigenvalue weighted by Gasteiger charge is -2.11. The van der Waals surface area contributed by atoms with E-state index in [-0.39, 0.29) is 27.1 Å². The van der Waals surface area contributed by atoms with E-state index in [1.165, 1.54) is 54.1 Å². The van der Waals surface area contributed by atoms with Gasteiger partial charge in [-0.15, -0.1) is 0 Å². The van der Waals surface area contributed by atoms with Crippen LogP contribution in [0.5, 0.6) is 0 Å². The second-order valence-corrected chi connectivity index (χ2v) is 9.86. The predicted octanol–water partition coefficient (Wildman–Crippen LogP) is 1.62. The first-order chi connectivity index (χ1) is 13.0. The van der Waals surface area contributed by atoms with Gasteiger partial charge in [-0.3, -0.25) is 9.29 Å². The first-order valence-electron chi connectivity index (χ1n) is 8.24. The Bertz CT molecular complexity index is 1290. The summed E-state index contributed by atoms with van der Waals surface area (Å²) in [6, 6.07) is 9.14. The zero-order chi connectivity index (χ0) is 20.7. The molecular weight excluding hydrogens is 406 g/mol. The summed E-state index contributed by atoms with van der Waals surface area (Å²) >= 11 is 0. The number of hydrogen-bond donors (Lipinski definition) is 2. The Morgan fingerprint density at radius 1 is 0.929 bits per heavy atom. The zero-order valence-electron chi connectivity index (χ0n) is 15.3. The van der Waals surface area contributed by atoms with Crippen molar-refractivity contribution in [1.82, 2.24) is 9.29 Å². The number of sulfonamides is 2. The van der Waals surface area contributed by atoms with Crippen molar-refractivity contribution in [2.24, 2.45) is 7.05 Å². The fraction of sp³-hybridized carbons (Fsp3) is 0.235. The minimum Gasteiger partial charge on any atom is -0.408 e. The lowest BCUT2D eigenvalue weighted by atomic mass is 10.3. The highest BCUT2D eigenvalue weighted by atomic mass is 32.2. The summed E-state index contributed by atoms with van der Waals surface area (Å²) in [6.07, 6.45) is 0. The van der Waals surface area contributed by atoms with Crippen LogP contribution in [0.3, 0.4) is 0 Å². The summed E-state index contributed by atoms with van der Waals surface area (Å²) in [7, 11) is -6.11. The largest absolute Gasteiger partial charge is 0.419 e. The van der Waals surface area contributed by atoms with Crippen LogP contribution in [-0.4, -0.2) is 27.4 Å². The van der Waals surface area contributed by atoms with Gasteiger partial charge >= 0.3 is 5.76 Å². The number of fused-ring (bicyclic) bond motifs is 1. The molecule has 11 heteroatoms. The monoisotopic (exact) mass is 425 g/mol. The van der Waals surface area contributed by atoms with Crippen molar-refractivity contribution in [2.45, 2.75) is 29.7 Å². The second kappa shape index (κ2) is 7.08. The van der Waals surface area contributed by atoms with Crippen molar-refractivity contribution in [3.05, 3.63) is 53.0 Å². The van der Waals surface area contributed by atoms with Gasteiger partial charge in [0.1, 0.15) is 0 Å². The standard InChI is InChI=1S/C17H19N3O6S2/c1-11(2)18-27(22,23)13-6-4-12(5-7-13)19-28(24,25)14-8-9-15-16(10-14)26-17(21)20(15)3/h4-11,18-19H,1-3H3. The van der Waals surface area contributed by atoms with Gasteiger partial charge in [-0.1, -0.05) is 0 Å². The first-order valence-corrected chi connectivity index (χ1v) is 11.2. The molecule has 0 aliphatic heterocycles. The van der Waals surface area contributed by atoms with Crippen molar-refractivity contribution in [3.63, 3.8) is 0 Å². The molecule has 0 unspecified atom stereocenters. The maximum Gasteiger partial charge on any atom is 0.419 e. The first kappa shape index (κ1) is 20.1. The summed E-state index contributed by atoms with van der Waals surface area (Å²) in [4.78, 5) is 11.5. The van der Waals surface area contributed by atoms with Crippen LogP contribution in [0.2, 0.25) is 0 Å². The zero-order valence-corrected chi connectivity index (χ0v) is 17.0. The summed E-state index contributed by atoms with van der Waals surface area (Å²) in [6.45, 7) is 3.40. The Kier molecular flexibility index (Phi) is 5.08. The third kappa shape index (κ3) is 3.96. The number of hydrogen-bond acceptors (Lipinski definition) is 6. The third-order valence-corrected chi connectivity index (χ3v) is 6.94. The van der Waals surface area contributed by atoms with Crippen LogP contribution in [0.15, 0.2) is 61.5 Å². The van der Waals surface area contributed by atoms with Gasteiger partial charge in [-0.2, -0.15) is 0 Å². The summed E-state index contributed by atoms with van der Waals surface area (Å²) in [5, 5.41) is 0. The molecule has 3 rings (SSSR count). The van der Waals surface area contributed by atoms with E-state index in [4.69, 9.17) is 4.42 Å². The highest BCUT2D eigenvalue weighted by molar-refractivity contribution is 7.92.